The number of fused-ring (bicyclic) bond motifs is 1. The van der Waals surface area contributed by atoms with Crippen LogP contribution in [0.5, 0.6) is 0 Å². The fourth-order valence-electron chi connectivity index (χ4n) is 3.07. The fraction of sp³-hybridized carbons (Fsp3) is 0.304. The van der Waals surface area contributed by atoms with E-state index in [1.807, 2.05) is 49.4 Å². The van der Waals surface area contributed by atoms with Crippen LogP contribution < -0.4 is 5.32 Å². The summed E-state index contributed by atoms with van der Waals surface area (Å²) in [6.07, 6.45) is 1.20. The lowest BCUT2D eigenvalue weighted by atomic mass is 10.1. The molecule has 0 fully saturated rings. The van der Waals surface area contributed by atoms with Crippen molar-refractivity contribution >= 4 is 34.3 Å². The standard InChI is InChI=1S/C23H24N4OS/c1-15(2)12-18-9-8-17(14-24)23(26-18)29-11-10-22(28)27-21-13-16(3)25-20-7-5-4-6-19(20)21/h4-9,13,15H,10-12H2,1-3H3,(H,25,27,28). The predicted octanol–water partition coefficient (Wildman–Crippen LogP) is 5.13. The molecule has 0 saturated heterocycles. The lowest BCUT2D eigenvalue weighted by Gasteiger charge is -2.10. The molecule has 0 aliphatic heterocycles. The summed E-state index contributed by atoms with van der Waals surface area (Å²) in [5.41, 5.74) is 4.03. The van der Waals surface area contributed by atoms with Crippen LogP contribution in [0.4, 0.5) is 5.69 Å². The SMILES string of the molecule is Cc1cc(NC(=O)CCSc2nc(CC(C)C)ccc2C#N)c2ccccc2n1. The number of para-hydroxylation sites is 1. The van der Waals surface area contributed by atoms with Gasteiger partial charge in [-0.25, -0.2) is 4.98 Å². The predicted molar refractivity (Wildman–Crippen MR) is 118 cm³/mol. The number of aryl methyl sites for hydroxylation is 1. The Bertz CT molecular complexity index is 1070. The number of hydrogen-bond donors (Lipinski definition) is 1. The van der Waals surface area contributed by atoms with Crippen molar-refractivity contribution in [2.45, 2.75) is 38.6 Å². The summed E-state index contributed by atoms with van der Waals surface area (Å²) >= 11 is 1.45. The van der Waals surface area contributed by atoms with Crippen molar-refractivity contribution in [3.63, 3.8) is 0 Å². The zero-order valence-electron chi connectivity index (χ0n) is 16.9. The van der Waals surface area contributed by atoms with Gasteiger partial charge >= 0.3 is 0 Å². The van der Waals surface area contributed by atoms with Crippen LogP contribution in [0.1, 0.15) is 37.2 Å². The fourth-order valence-corrected chi connectivity index (χ4v) is 4.00. The highest BCUT2D eigenvalue weighted by atomic mass is 32.2. The van der Waals surface area contributed by atoms with Crippen molar-refractivity contribution in [1.82, 2.24) is 9.97 Å². The summed E-state index contributed by atoms with van der Waals surface area (Å²) in [7, 11) is 0. The van der Waals surface area contributed by atoms with E-state index in [2.05, 4.69) is 35.2 Å². The van der Waals surface area contributed by atoms with Gasteiger partial charge in [0.1, 0.15) is 11.1 Å². The number of nitrogens with zero attached hydrogens (tertiary/aromatic N) is 3. The molecule has 0 aliphatic rings. The second-order valence-corrected chi connectivity index (χ2v) is 8.42. The molecular formula is C23H24N4OS. The van der Waals surface area contributed by atoms with Crippen LogP contribution >= 0.6 is 11.8 Å². The van der Waals surface area contributed by atoms with E-state index < -0.39 is 0 Å². The summed E-state index contributed by atoms with van der Waals surface area (Å²) in [5, 5.41) is 14.0. The van der Waals surface area contributed by atoms with Gasteiger partial charge in [-0.05, 0) is 43.5 Å². The maximum Gasteiger partial charge on any atom is 0.225 e. The normalized spacial score (nSPS) is 10.9. The van der Waals surface area contributed by atoms with E-state index in [1.54, 1.807) is 0 Å². The second-order valence-electron chi connectivity index (χ2n) is 7.34. The molecule has 2 heterocycles. The van der Waals surface area contributed by atoms with Crippen molar-refractivity contribution in [3.8, 4) is 6.07 Å². The third kappa shape index (κ3) is 5.55. The average Bonchev–Trinajstić information content (AvgIpc) is 2.67. The molecule has 3 aromatic rings. The van der Waals surface area contributed by atoms with Crippen molar-refractivity contribution in [2.24, 2.45) is 5.92 Å². The number of thioether (sulfide) groups is 1. The molecular weight excluding hydrogens is 380 g/mol. The van der Waals surface area contributed by atoms with Gasteiger partial charge in [-0.15, -0.1) is 11.8 Å². The molecule has 0 bridgehead atoms. The number of pyridine rings is 2. The van der Waals surface area contributed by atoms with Crippen LogP contribution in [0.3, 0.4) is 0 Å². The number of nitriles is 1. The van der Waals surface area contributed by atoms with Gasteiger partial charge in [-0.2, -0.15) is 5.26 Å². The highest BCUT2D eigenvalue weighted by molar-refractivity contribution is 7.99. The van der Waals surface area contributed by atoms with Gasteiger partial charge in [-0.1, -0.05) is 32.0 Å². The van der Waals surface area contributed by atoms with E-state index in [1.165, 1.54) is 11.8 Å². The number of hydrogen-bond acceptors (Lipinski definition) is 5. The monoisotopic (exact) mass is 404 g/mol. The number of carbonyl (C=O) groups excluding carboxylic acids is 1. The minimum atomic E-state index is -0.0647. The first-order valence-corrected chi connectivity index (χ1v) is 10.6. The van der Waals surface area contributed by atoms with E-state index in [0.29, 0.717) is 28.7 Å². The number of benzene rings is 1. The minimum Gasteiger partial charge on any atom is -0.325 e. The molecule has 0 unspecified atom stereocenters. The Morgan fingerprint density at radius 1 is 1.21 bits per heavy atom. The molecule has 0 spiro atoms. The van der Waals surface area contributed by atoms with E-state index in [9.17, 15) is 10.1 Å². The van der Waals surface area contributed by atoms with Gasteiger partial charge < -0.3 is 5.32 Å². The smallest absolute Gasteiger partial charge is 0.225 e. The Kier molecular flexibility index (Phi) is 6.84. The molecule has 5 nitrogen and oxygen atoms in total. The van der Waals surface area contributed by atoms with Gasteiger partial charge in [0.25, 0.3) is 0 Å². The summed E-state index contributed by atoms with van der Waals surface area (Å²) in [5.74, 6) is 0.989. The lowest BCUT2D eigenvalue weighted by molar-refractivity contribution is -0.115. The van der Waals surface area contributed by atoms with Gasteiger partial charge in [0.15, 0.2) is 0 Å². The number of rotatable bonds is 7. The molecule has 2 aromatic heterocycles. The van der Waals surface area contributed by atoms with Crippen LogP contribution in [-0.2, 0) is 11.2 Å². The van der Waals surface area contributed by atoms with Gasteiger partial charge in [0.05, 0.1) is 16.8 Å². The molecule has 29 heavy (non-hydrogen) atoms. The Morgan fingerprint density at radius 2 is 2.00 bits per heavy atom. The second kappa shape index (κ2) is 9.53. The molecule has 0 saturated carbocycles. The Labute approximate surface area is 175 Å². The van der Waals surface area contributed by atoms with E-state index in [0.717, 1.165) is 34.4 Å². The van der Waals surface area contributed by atoms with E-state index >= 15 is 0 Å². The molecule has 0 atom stereocenters. The molecule has 3 rings (SSSR count). The first-order chi connectivity index (χ1) is 14.0. The molecule has 148 valence electrons. The third-order valence-electron chi connectivity index (χ3n) is 4.34. The number of carbonyl (C=O) groups is 1. The number of amides is 1. The lowest BCUT2D eigenvalue weighted by Crippen LogP contribution is -2.13. The largest absolute Gasteiger partial charge is 0.325 e. The average molecular weight is 405 g/mol. The molecule has 0 aliphatic carbocycles. The Morgan fingerprint density at radius 3 is 2.76 bits per heavy atom. The van der Waals surface area contributed by atoms with Crippen LogP contribution in [-0.4, -0.2) is 21.6 Å². The third-order valence-corrected chi connectivity index (χ3v) is 5.33. The Balaban J connectivity index is 1.64. The summed E-state index contributed by atoms with van der Waals surface area (Å²) in [6, 6.07) is 15.6. The molecule has 1 aromatic carbocycles. The zero-order valence-corrected chi connectivity index (χ0v) is 17.7. The van der Waals surface area contributed by atoms with Crippen LogP contribution in [0.2, 0.25) is 0 Å². The Hall–Kier alpha value is -2.91. The number of nitrogens with one attached hydrogen (secondary N) is 1. The first kappa shape index (κ1) is 20.8. The summed E-state index contributed by atoms with van der Waals surface area (Å²) in [4.78, 5) is 21.6. The van der Waals surface area contributed by atoms with Crippen molar-refractivity contribution in [1.29, 1.82) is 5.26 Å². The zero-order chi connectivity index (χ0) is 20.8. The van der Waals surface area contributed by atoms with Gasteiger partial charge in [0, 0.05) is 28.9 Å². The van der Waals surface area contributed by atoms with E-state index in [-0.39, 0.29) is 5.91 Å². The summed E-state index contributed by atoms with van der Waals surface area (Å²) < 4.78 is 0. The highest BCUT2D eigenvalue weighted by Crippen LogP contribution is 2.25. The number of aromatic nitrogens is 2. The first-order valence-electron chi connectivity index (χ1n) is 9.65. The maximum absolute atomic E-state index is 12.5. The molecule has 1 amide bonds. The van der Waals surface area contributed by atoms with Crippen LogP contribution in [0.15, 0.2) is 47.5 Å². The van der Waals surface area contributed by atoms with Crippen LogP contribution in [0, 0.1) is 24.2 Å². The molecule has 0 radical (unpaired) electrons. The van der Waals surface area contributed by atoms with Crippen molar-refractivity contribution < 1.29 is 4.79 Å². The highest BCUT2D eigenvalue weighted by Gasteiger charge is 2.11. The quantitative estimate of drug-likeness (QED) is 0.552. The van der Waals surface area contributed by atoms with Crippen molar-refractivity contribution in [2.75, 3.05) is 11.1 Å². The van der Waals surface area contributed by atoms with Gasteiger partial charge in [0.2, 0.25) is 5.91 Å². The molecule has 1 N–H and O–H groups in total. The minimum absolute atomic E-state index is 0.0647. The maximum atomic E-state index is 12.5. The van der Waals surface area contributed by atoms with Crippen LogP contribution in [0.25, 0.3) is 10.9 Å². The van der Waals surface area contributed by atoms with Crippen molar-refractivity contribution in [3.05, 3.63) is 59.4 Å². The van der Waals surface area contributed by atoms with Gasteiger partial charge in [-0.3, -0.25) is 9.78 Å². The summed E-state index contributed by atoms with van der Waals surface area (Å²) in [6.45, 7) is 6.19. The molecule has 6 heteroatoms. The topological polar surface area (TPSA) is 78.7 Å². The van der Waals surface area contributed by atoms with E-state index in [4.69, 9.17) is 0 Å². The number of anilines is 1.